The van der Waals surface area contributed by atoms with Crippen molar-refractivity contribution < 1.29 is 14.3 Å². The molecule has 6 nitrogen and oxygen atoms in total. The first-order chi connectivity index (χ1) is 11.6. The van der Waals surface area contributed by atoms with E-state index < -0.39 is 0 Å². The summed E-state index contributed by atoms with van der Waals surface area (Å²) in [5.74, 6) is 0.366. The lowest BCUT2D eigenvalue weighted by molar-refractivity contribution is -0.116. The molecule has 0 spiro atoms. The zero-order chi connectivity index (χ0) is 17.4. The number of amides is 3. The van der Waals surface area contributed by atoms with E-state index in [1.54, 1.807) is 18.2 Å². The van der Waals surface area contributed by atoms with Gasteiger partial charge in [-0.15, -0.1) is 0 Å². The van der Waals surface area contributed by atoms with Crippen molar-refractivity contribution in [3.63, 3.8) is 0 Å². The molecule has 1 saturated carbocycles. The third-order valence-electron chi connectivity index (χ3n) is 4.01. The van der Waals surface area contributed by atoms with Gasteiger partial charge in [0, 0.05) is 24.7 Å². The Bertz CT molecular complexity index is 574. The number of nitrogens with one attached hydrogen (secondary N) is 3. The minimum Gasteiger partial charge on any atom is -0.495 e. The van der Waals surface area contributed by atoms with Crippen LogP contribution >= 0.6 is 11.6 Å². The maximum atomic E-state index is 11.9. The fourth-order valence-corrected chi connectivity index (χ4v) is 3.00. The fourth-order valence-electron chi connectivity index (χ4n) is 2.74. The van der Waals surface area contributed by atoms with Gasteiger partial charge >= 0.3 is 6.03 Å². The first-order valence-electron chi connectivity index (χ1n) is 8.26. The van der Waals surface area contributed by atoms with Crippen molar-refractivity contribution in [2.24, 2.45) is 0 Å². The molecule has 0 atom stereocenters. The van der Waals surface area contributed by atoms with Crippen LogP contribution in [0, 0.1) is 0 Å². The van der Waals surface area contributed by atoms with Crippen LogP contribution in [0.25, 0.3) is 0 Å². The molecule has 0 radical (unpaired) electrons. The Labute approximate surface area is 147 Å². The van der Waals surface area contributed by atoms with Gasteiger partial charge in [-0.25, -0.2) is 4.79 Å². The van der Waals surface area contributed by atoms with Gasteiger partial charge in [0.25, 0.3) is 0 Å². The normalized spacial score (nSPS) is 14.8. The van der Waals surface area contributed by atoms with E-state index in [0.29, 0.717) is 16.5 Å². The molecule has 24 heavy (non-hydrogen) atoms. The molecule has 0 unspecified atom stereocenters. The molecular formula is C17H24ClN3O3. The second kappa shape index (κ2) is 9.37. The maximum absolute atomic E-state index is 11.9. The molecule has 132 valence electrons. The van der Waals surface area contributed by atoms with E-state index in [1.165, 1.54) is 13.5 Å². The lowest BCUT2D eigenvalue weighted by atomic mass is 9.96. The van der Waals surface area contributed by atoms with Crippen LogP contribution in [0.2, 0.25) is 5.02 Å². The third kappa shape index (κ3) is 5.92. The Balaban J connectivity index is 1.67. The van der Waals surface area contributed by atoms with Crippen LogP contribution in [0.15, 0.2) is 18.2 Å². The molecule has 0 bridgehead atoms. The monoisotopic (exact) mass is 353 g/mol. The summed E-state index contributed by atoms with van der Waals surface area (Å²) >= 11 is 6.01. The lowest BCUT2D eigenvalue weighted by Crippen LogP contribution is -2.43. The number of ether oxygens (including phenoxy) is 1. The summed E-state index contributed by atoms with van der Waals surface area (Å²) in [5.41, 5.74) is 0.595. The highest BCUT2D eigenvalue weighted by atomic mass is 35.5. The van der Waals surface area contributed by atoms with E-state index in [0.717, 1.165) is 25.7 Å². The summed E-state index contributed by atoms with van der Waals surface area (Å²) in [6, 6.07) is 5.08. The van der Waals surface area contributed by atoms with Crippen LogP contribution in [0.3, 0.4) is 0 Å². The molecule has 1 aromatic carbocycles. The zero-order valence-electron chi connectivity index (χ0n) is 13.9. The molecule has 1 fully saturated rings. The number of carbonyl (C=O) groups excluding carboxylic acids is 2. The molecule has 7 heteroatoms. The minimum absolute atomic E-state index is 0.186. The van der Waals surface area contributed by atoms with E-state index in [1.807, 2.05) is 0 Å². The smallest absolute Gasteiger partial charge is 0.315 e. The van der Waals surface area contributed by atoms with Crippen molar-refractivity contribution in [1.82, 2.24) is 10.6 Å². The molecule has 3 N–H and O–H groups in total. The van der Waals surface area contributed by atoms with Crippen LogP contribution in [0.4, 0.5) is 10.5 Å². The molecule has 1 aliphatic rings. The Morgan fingerprint density at radius 1 is 1.25 bits per heavy atom. The second-order valence-electron chi connectivity index (χ2n) is 5.88. The van der Waals surface area contributed by atoms with Gasteiger partial charge < -0.3 is 20.7 Å². The highest BCUT2D eigenvalue weighted by molar-refractivity contribution is 6.32. The first kappa shape index (κ1) is 18.4. The third-order valence-corrected chi connectivity index (χ3v) is 4.31. The van der Waals surface area contributed by atoms with E-state index >= 15 is 0 Å². The molecule has 3 amide bonds. The van der Waals surface area contributed by atoms with Gasteiger partial charge in [0.2, 0.25) is 5.91 Å². The van der Waals surface area contributed by atoms with Gasteiger partial charge in [0.15, 0.2) is 0 Å². The summed E-state index contributed by atoms with van der Waals surface area (Å²) in [4.78, 5) is 23.7. The number of hydrogen-bond acceptors (Lipinski definition) is 3. The lowest BCUT2D eigenvalue weighted by Gasteiger charge is -2.22. The standard InChI is InChI=1S/C17H24ClN3O3/c1-24-15-8-7-13(11-14(15)18)20-16(22)9-10-19-17(23)21-12-5-3-2-4-6-12/h7-8,11-12H,2-6,9-10H2,1H3,(H,20,22)(H2,19,21,23). The van der Waals surface area contributed by atoms with Crippen LogP contribution in [-0.4, -0.2) is 31.6 Å². The van der Waals surface area contributed by atoms with Crippen LogP contribution in [0.1, 0.15) is 38.5 Å². The average molecular weight is 354 g/mol. The van der Waals surface area contributed by atoms with E-state index in [-0.39, 0.29) is 30.9 Å². The maximum Gasteiger partial charge on any atom is 0.315 e. The van der Waals surface area contributed by atoms with Crippen LogP contribution in [0.5, 0.6) is 5.75 Å². The van der Waals surface area contributed by atoms with Gasteiger partial charge in [-0.1, -0.05) is 30.9 Å². The highest BCUT2D eigenvalue weighted by Crippen LogP contribution is 2.27. The van der Waals surface area contributed by atoms with Crippen molar-refractivity contribution in [3.8, 4) is 5.75 Å². The number of urea groups is 1. The molecular weight excluding hydrogens is 330 g/mol. The molecule has 0 aliphatic heterocycles. The van der Waals surface area contributed by atoms with Crippen molar-refractivity contribution in [2.45, 2.75) is 44.6 Å². The van der Waals surface area contributed by atoms with Crippen molar-refractivity contribution in [3.05, 3.63) is 23.2 Å². The number of hydrogen-bond donors (Lipinski definition) is 3. The van der Waals surface area contributed by atoms with Crippen molar-refractivity contribution >= 4 is 29.2 Å². The second-order valence-corrected chi connectivity index (χ2v) is 6.29. The number of halogens is 1. The average Bonchev–Trinajstić information content (AvgIpc) is 2.56. The molecule has 1 aliphatic carbocycles. The Morgan fingerprint density at radius 2 is 2.00 bits per heavy atom. The highest BCUT2D eigenvalue weighted by Gasteiger charge is 2.15. The summed E-state index contributed by atoms with van der Waals surface area (Å²) in [7, 11) is 1.53. The van der Waals surface area contributed by atoms with E-state index in [4.69, 9.17) is 16.3 Å². The van der Waals surface area contributed by atoms with Crippen molar-refractivity contribution in [1.29, 1.82) is 0 Å². The van der Waals surface area contributed by atoms with Gasteiger partial charge in [-0.2, -0.15) is 0 Å². The minimum atomic E-state index is -0.206. The van der Waals surface area contributed by atoms with Crippen LogP contribution < -0.4 is 20.7 Å². The summed E-state index contributed by atoms with van der Waals surface area (Å²) in [5, 5.41) is 8.84. The predicted octanol–water partition coefficient (Wildman–Crippen LogP) is 3.31. The van der Waals surface area contributed by atoms with E-state index in [2.05, 4.69) is 16.0 Å². The Morgan fingerprint density at radius 3 is 2.67 bits per heavy atom. The number of carbonyl (C=O) groups is 2. The number of rotatable bonds is 6. The SMILES string of the molecule is COc1ccc(NC(=O)CCNC(=O)NC2CCCCC2)cc1Cl. The summed E-state index contributed by atoms with van der Waals surface area (Å²) in [6.45, 7) is 0.286. The van der Waals surface area contributed by atoms with E-state index in [9.17, 15) is 9.59 Å². The zero-order valence-corrected chi connectivity index (χ0v) is 14.6. The quantitative estimate of drug-likeness (QED) is 0.734. The molecule has 1 aromatic rings. The van der Waals surface area contributed by atoms with Crippen molar-refractivity contribution in [2.75, 3.05) is 19.0 Å². The number of anilines is 1. The first-order valence-corrected chi connectivity index (χ1v) is 8.64. The molecule has 0 aromatic heterocycles. The van der Waals surface area contributed by atoms with Gasteiger partial charge in [-0.3, -0.25) is 4.79 Å². The summed E-state index contributed by atoms with van der Waals surface area (Å²) < 4.78 is 5.06. The van der Waals surface area contributed by atoms with Gasteiger partial charge in [-0.05, 0) is 31.0 Å². The topological polar surface area (TPSA) is 79.5 Å². The van der Waals surface area contributed by atoms with Gasteiger partial charge in [0.1, 0.15) is 5.75 Å². The Kier molecular flexibility index (Phi) is 7.18. The number of methoxy groups -OCH3 is 1. The molecule has 0 heterocycles. The number of benzene rings is 1. The molecule has 0 saturated heterocycles. The largest absolute Gasteiger partial charge is 0.495 e. The predicted molar refractivity (Wildman–Crippen MR) is 94.7 cm³/mol. The summed E-state index contributed by atoms with van der Waals surface area (Å²) in [6.07, 6.45) is 5.84. The molecule has 2 rings (SSSR count). The Hall–Kier alpha value is -1.95. The van der Waals surface area contributed by atoms with Gasteiger partial charge in [0.05, 0.1) is 12.1 Å². The fraction of sp³-hybridized carbons (Fsp3) is 0.529. The van der Waals surface area contributed by atoms with Crippen LogP contribution in [-0.2, 0) is 4.79 Å².